The molecule has 0 atom stereocenters. The summed E-state index contributed by atoms with van der Waals surface area (Å²) >= 11 is 0. The lowest BCUT2D eigenvalue weighted by Crippen LogP contribution is -2.16. The van der Waals surface area contributed by atoms with Crippen molar-refractivity contribution in [3.05, 3.63) is 11.8 Å². The molecule has 0 aliphatic heterocycles. The topological polar surface area (TPSA) is 142 Å². The summed E-state index contributed by atoms with van der Waals surface area (Å²) in [6.07, 6.45) is -1.42. The van der Waals surface area contributed by atoms with Crippen LogP contribution < -0.4 is 5.32 Å². The van der Waals surface area contributed by atoms with Crippen LogP contribution in [0.5, 0.6) is 0 Å². The van der Waals surface area contributed by atoms with Crippen molar-refractivity contribution in [1.29, 1.82) is 0 Å². The maximum Gasteiger partial charge on any atom is 0.410 e. The molecule has 86 valence electrons. The van der Waals surface area contributed by atoms with Crippen molar-refractivity contribution in [1.82, 2.24) is 9.78 Å². The van der Waals surface area contributed by atoms with E-state index in [0.29, 0.717) is 4.68 Å². The minimum atomic E-state index is -1.42. The third-order valence-electron chi connectivity index (χ3n) is 1.52. The summed E-state index contributed by atoms with van der Waals surface area (Å²) in [5.41, 5.74) is -0.411. The summed E-state index contributed by atoms with van der Waals surface area (Å²) in [4.78, 5) is 31.3. The van der Waals surface area contributed by atoms with Gasteiger partial charge in [-0.05, 0) is 0 Å². The van der Waals surface area contributed by atoms with E-state index in [1.165, 1.54) is 0 Å². The average Bonchev–Trinajstić information content (AvgIpc) is 2.45. The third kappa shape index (κ3) is 2.70. The Kier molecular flexibility index (Phi) is 3.09. The van der Waals surface area contributed by atoms with Gasteiger partial charge in [-0.1, -0.05) is 0 Å². The minimum Gasteiger partial charge on any atom is -0.480 e. The molecule has 1 aromatic heterocycles. The van der Waals surface area contributed by atoms with Gasteiger partial charge in [0.1, 0.15) is 12.2 Å². The lowest BCUT2D eigenvalue weighted by Gasteiger charge is -1.98. The van der Waals surface area contributed by atoms with Crippen LogP contribution in [0.4, 0.5) is 10.6 Å². The van der Waals surface area contributed by atoms with Crippen LogP contribution in [0.1, 0.15) is 10.5 Å². The number of carboxylic acid groups (broad SMARTS) is 3. The number of aromatic carboxylic acids is 1. The molecule has 9 nitrogen and oxygen atoms in total. The number of hydrogen-bond acceptors (Lipinski definition) is 4. The maximum absolute atomic E-state index is 10.7. The molecule has 0 radical (unpaired) electrons. The van der Waals surface area contributed by atoms with E-state index in [9.17, 15) is 14.4 Å². The molecule has 1 amide bonds. The Hall–Kier alpha value is -2.58. The second kappa shape index (κ2) is 4.29. The highest BCUT2D eigenvalue weighted by molar-refractivity contribution is 5.89. The number of carboxylic acids is 2. The van der Waals surface area contributed by atoms with E-state index in [2.05, 4.69) is 5.10 Å². The van der Waals surface area contributed by atoms with Crippen LogP contribution in [0.3, 0.4) is 0 Å². The molecule has 0 aromatic carbocycles. The molecule has 4 N–H and O–H groups in total. The Morgan fingerprint density at radius 2 is 1.94 bits per heavy atom. The van der Waals surface area contributed by atoms with Gasteiger partial charge in [0.15, 0.2) is 5.82 Å². The highest BCUT2D eigenvalue weighted by atomic mass is 16.4. The Bertz CT molecular complexity index is 451. The maximum atomic E-state index is 10.7. The zero-order valence-electron chi connectivity index (χ0n) is 7.75. The fourth-order valence-electron chi connectivity index (χ4n) is 1.01. The predicted molar refractivity (Wildman–Crippen MR) is 48.5 cm³/mol. The van der Waals surface area contributed by atoms with Crippen LogP contribution in [-0.4, -0.2) is 43.1 Å². The zero-order valence-corrected chi connectivity index (χ0v) is 7.75. The third-order valence-corrected chi connectivity index (χ3v) is 1.52. The molecule has 0 saturated carbocycles. The van der Waals surface area contributed by atoms with Gasteiger partial charge in [0, 0.05) is 6.07 Å². The van der Waals surface area contributed by atoms with Gasteiger partial charge in [-0.2, -0.15) is 5.10 Å². The van der Waals surface area contributed by atoms with Gasteiger partial charge in [0.2, 0.25) is 0 Å². The molecule has 16 heavy (non-hydrogen) atoms. The first-order valence-corrected chi connectivity index (χ1v) is 3.93. The van der Waals surface area contributed by atoms with E-state index in [4.69, 9.17) is 15.3 Å². The second-order valence-corrected chi connectivity index (χ2v) is 2.70. The summed E-state index contributed by atoms with van der Waals surface area (Å²) in [7, 11) is 0. The highest BCUT2D eigenvalue weighted by Crippen LogP contribution is 2.09. The van der Waals surface area contributed by atoms with E-state index in [1.807, 2.05) is 5.32 Å². The molecular formula is C7H7N3O6. The van der Waals surface area contributed by atoms with Crippen molar-refractivity contribution in [2.24, 2.45) is 0 Å². The summed E-state index contributed by atoms with van der Waals surface area (Å²) in [5, 5.41) is 30.8. The summed E-state index contributed by atoms with van der Waals surface area (Å²) in [6, 6.07) is 0.930. The lowest BCUT2D eigenvalue weighted by atomic mass is 10.4. The van der Waals surface area contributed by atoms with E-state index >= 15 is 0 Å². The van der Waals surface area contributed by atoms with E-state index < -0.39 is 30.3 Å². The average molecular weight is 229 g/mol. The SMILES string of the molecule is O=C(O)Cn1nc(NC(=O)O)cc1C(=O)O. The summed E-state index contributed by atoms with van der Waals surface area (Å²) in [5.74, 6) is -2.93. The first-order valence-electron chi connectivity index (χ1n) is 3.93. The Labute approximate surface area is 87.9 Å². The van der Waals surface area contributed by atoms with Gasteiger partial charge in [0.05, 0.1) is 0 Å². The number of nitrogens with one attached hydrogen (secondary N) is 1. The van der Waals surface area contributed by atoms with E-state index in [-0.39, 0.29) is 5.82 Å². The highest BCUT2D eigenvalue weighted by Gasteiger charge is 2.16. The van der Waals surface area contributed by atoms with Crippen LogP contribution in [0, 0.1) is 0 Å². The van der Waals surface area contributed by atoms with Gasteiger partial charge in [-0.3, -0.25) is 10.1 Å². The van der Waals surface area contributed by atoms with E-state index in [1.54, 1.807) is 0 Å². The smallest absolute Gasteiger partial charge is 0.410 e. The molecule has 0 bridgehead atoms. The second-order valence-electron chi connectivity index (χ2n) is 2.70. The number of aromatic nitrogens is 2. The molecule has 9 heteroatoms. The van der Waals surface area contributed by atoms with Crippen molar-refractivity contribution in [3.63, 3.8) is 0 Å². The molecule has 0 spiro atoms. The van der Waals surface area contributed by atoms with Gasteiger partial charge in [0.25, 0.3) is 0 Å². The van der Waals surface area contributed by atoms with Crippen LogP contribution in [0.25, 0.3) is 0 Å². The molecule has 0 aliphatic carbocycles. The molecule has 0 aliphatic rings. The van der Waals surface area contributed by atoms with Crippen molar-refractivity contribution < 1.29 is 29.7 Å². The molecule has 1 heterocycles. The number of anilines is 1. The predicted octanol–water partition coefficient (Wildman–Crippen LogP) is -0.244. The van der Waals surface area contributed by atoms with E-state index in [0.717, 1.165) is 6.07 Å². The van der Waals surface area contributed by atoms with Gasteiger partial charge >= 0.3 is 18.0 Å². The number of carbonyl (C=O) groups is 3. The monoisotopic (exact) mass is 229 g/mol. The first kappa shape index (κ1) is 11.5. The number of rotatable bonds is 4. The van der Waals surface area contributed by atoms with Crippen LogP contribution >= 0.6 is 0 Å². The summed E-state index contributed by atoms with van der Waals surface area (Å²) in [6.45, 7) is -0.664. The van der Waals surface area contributed by atoms with Crippen LogP contribution in [-0.2, 0) is 11.3 Å². The molecule has 0 unspecified atom stereocenters. The summed E-state index contributed by atoms with van der Waals surface area (Å²) < 4.78 is 0.677. The van der Waals surface area contributed by atoms with Crippen molar-refractivity contribution in [2.45, 2.75) is 6.54 Å². The zero-order chi connectivity index (χ0) is 12.3. The fourth-order valence-corrected chi connectivity index (χ4v) is 1.01. The number of nitrogens with zero attached hydrogens (tertiary/aromatic N) is 2. The Morgan fingerprint density at radius 3 is 2.38 bits per heavy atom. The molecule has 1 rings (SSSR count). The molecule has 0 saturated heterocycles. The largest absolute Gasteiger partial charge is 0.480 e. The van der Waals surface area contributed by atoms with Crippen molar-refractivity contribution in [3.8, 4) is 0 Å². The van der Waals surface area contributed by atoms with Crippen molar-refractivity contribution in [2.75, 3.05) is 5.32 Å². The number of hydrogen-bond donors (Lipinski definition) is 4. The van der Waals surface area contributed by atoms with Gasteiger partial charge in [-0.25, -0.2) is 14.3 Å². The quantitative estimate of drug-likeness (QED) is 0.557. The van der Waals surface area contributed by atoms with Crippen molar-refractivity contribution >= 4 is 23.8 Å². The minimum absolute atomic E-state index is 0.244. The standard InChI is InChI=1S/C7H7N3O6/c11-5(12)2-10-3(6(13)14)1-4(9-10)8-7(15)16/h1H,2H2,(H,8,9)(H,11,12)(H,13,14)(H,15,16). The fraction of sp³-hybridized carbons (Fsp3) is 0.143. The van der Waals surface area contributed by atoms with Crippen LogP contribution in [0.15, 0.2) is 6.07 Å². The first-order chi connectivity index (χ1) is 7.40. The lowest BCUT2D eigenvalue weighted by molar-refractivity contribution is -0.137. The normalized spacial score (nSPS) is 9.75. The van der Waals surface area contributed by atoms with Crippen LogP contribution in [0.2, 0.25) is 0 Å². The Morgan fingerprint density at radius 1 is 1.31 bits per heavy atom. The molecule has 0 fully saturated rings. The van der Waals surface area contributed by atoms with Gasteiger partial charge in [-0.15, -0.1) is 0 Å². The Balaban J connectivity index is 3.04. The number of aliphatic carboxylic acids is 1. The molecular weight excluding hydrogens is 222 g/mol. The molecule has 1 aromatic rings. The number of amides is 1. The van der Waals surface area contributed by atoms with Gasteiger partial charge < -0.3 is 15.3 Å².